The molecule has 2 N–H and O–H groups in total. The van der Waals surface area contributed by atoms with Crippen molar-refractivity contribution >= 4 is 11.6 Å². The summed E-state index contributed by atoms with van der Waals surface area (Å²) in [6, 6.07) is 10.9. The van der Waals surface area contributed by atoms with Crippen LogP contribution in [0.15, 0.2) is 36.4 Å². The number of hydrogen-bond acceptors (Lipinski definition) is 4. The van der Waals surface area contributed by atoms with Gasteiger partial charge < -0.3 is 15.4 Å². The maximum Gasteiger partial charge on any atom is 0.254 e. The van der Waals surface area contributed by atoms with Gasteiger partial charge in [-0.15, -0.1) is 0 Å². The number of ether oxygens (including phenoxy) is 1. The minimum Gasteiger partial charge on any atom is -0.380 e. The van der Waals surface area contributed by atoms with Crippen LogP contribution in [-0.4, -0.2) is 19.1 Å². The zero-order valence-corrected chi connectivity index (χ0v) is 15.3. The normalized spacial score (nSPS) is 11.7. The van der Waals surface area contributed by atoms with Crippen molar-refractivity contribution in [2.24, 2.45) is 0 Å². The molecule has 0 heterocycles. The van der Waals surface area contributed by atoms with Crippen LogP contribution in [0.2, 0.25) is 0 Å². The first kappa shape index (κ1) is 20.3. The maximum atomic E-state index is 14.7. The summed E-state index contributed by atoms with van der Waals surface area (Å²) in [5.74, 6) is -2.38. The fourth-order valence-corrected chi connectivity index (χ4v) is 2.57. The molecule has 0 aromatic heterocycles. The van der Waals surface area contributed by atoms with Crippen molar-refractivity contribution in [2.75, 3.05) is 12.4 Å². The maximum absolute atomic E-state index is 14.7. The third-order valence-corrected chi connectivity index (χ3v) is 3.86. The summed E-state index contributed by atoms with van der Waals surface area (Å²) in [6.45, 7) is 3.78. The van der Waals surface area contributed by atoms with E-state index in [4.69, 9.17) is 10.00 Å². The van der Waals surface area contributed by atoms with Gasteiger partial charge in [-0.1, -0.05) is 12.1 Å². The zero-order valence-electron chi connectivity index (χ0n) is 15.3. The van der Waals surface area contributed by atoms with E-state index in [2.05, 4.69) is 10.6 Å². The number of rotatable bonds is 7. The van der Waals surface area contributed by atoms with Crippen molar-refractivity contribution in [3.63, 3.8) is 0 Å². The van der Waals surface area contributed by atoms with Crippen LogP contribution in [0.1, 0.15) is 36.6 Å². The van der Waals surface area contributed by atoms with E-state index < -0.39 is 29.2 Å². The van der Waals surface area contributed by atoms with Crippen LogP contribution in [0.25, 0.3) is 0 Å². The molecule has 0 bridgehead atoms. The van der Waals surface area contributed by atoms with Crippen LogP contribution in [-0.2, 0) is 16.1 Å². The summed E-state index contributed by atoms with van der Waals surface area (Å²) in [5, 5.41) is 14.3. The Kier molecular flexibility index (Phi) is 6.85. The van der Waals surface area contributed by atoms with E-state index in [-0.39, 0.29) is 18.3 Å². The van der Waals surface area contributed by atoms with Crippen molar-refractivity contribution in [1.82, 2.24) is 5.32 Å². The summed E-state index contributed by atoms with van der Waals surface area (Å²) < 4.78 is 34.1. The van der Waals surface area contributed by atoms with Crippen LogP contribution in [0, 0.1) is 23.0 Å². The molecule has 2 aromatic rings. The number of nitrogens with one attached hydrogen (secondary N) is 2. The van der Waals surface area contributed by atoms with Gasteiger partial charge in [0, 0.05) is 19.7 Å². The lowest BCUT2D eigenvalue weighted by Gasteiger charge is -2.20. The third-order valence-electron chi connectivity index (χ3n) is 3.86. The second-order valence-electron chi connectivity index (χ2n) is 6.26. The highest BCUT2D eigenvalue weighted by Crippen LogP contribution is 2.29. The van der Waals surface area contributed by atoms with Gasteiger partial charge in [0.05, 0.1) is 22.9 Å². The van der Waals surface area contributed by atoms with Gasteiger partial charge in [-0.05, 0) is 43.7 Å². The summed E-state index contributed by atoms with van der Waals surface area (Å²) in [4.78, 5) is 12.5. The molecule has 0 radical (unpaired) electrons. The van der Waals surface area contributed by atoms with Gasteiger partial charge in [-0.3, -0.25) is 4.79 Å². The van der Waals surface area contributed by atoms with Crippen molar-refractivity contribution in [3.8, 4) is 6.07 Å². The molecule has 1 unspecified atom stereocenters. The molecular formula is C20H21F2N3O2. The van der Waals surface area contributed by atoms with Gasteiger partial charge in [-0.25, -0.2) is 8.78 Å². The molecule has 2 rings (SSSR count). The molecule has 7 heteroatoms. The molecule has 1 amide bonds. The Morgan fingerprint density at radius 1 is 1.19 bits per heavy atom. The van der Waals surface area contributed by atoms with Crippen molar-refractivity contribution < 1.29 is 18.3 Å². The van der Waals surface area contributed by atoms with E-state index in [0.29, 0.717) is 5.56 Å². The number of halogens is 2. The lowest BCUT2D eigenvalue weighted by molar-refractivity contribution is -0.131. The SMILES string of the molecule is COC(C(=O)NCc1ccc(C#N)cc1)c1c(F)ccc(NC(C)C)c1F. The van der Waals surface area contributed by atoms with Gasteiger partial charge >= 0.3 is 0 Å². The number of carbonyl (C=O) groups is 1. The zero-order chi connectivity index (χ0) is 20.0. The first-order valence-electron chi connectivity index (χ1n) is 8.41. The number of carbonyl (C=O) groups excluding carboxylic acids is 1. The molecule has 0 fully saturated rings. The Hall–Kier alpha value is -2.98. The Morgan fingerprint density at radius 3 is 2.41 bits per heavy atom. The molecule has 0 saturated carbocycles. The first-order valence-corrected chi connectivity index (χ1v) is 8.41. The van der Waals surface area contributed by atoms with E-state index in [1.807, 2.05) is 19.9 Å². The predicted octanol–water partition coefficient (Wildman–Crippen LogP) is 3.66. The van der Waals surface area contributed by atoms with Gasteiger partial charge in [-0.2, -0.15) is 5.26 Å². The number of hydrogen-bond donors (Lipinski definition) is 2. The average molecular weight is 373 g/mol. The Labute approximate surface area is 157 Å². The van der Waals surface area contributed by atoms with Crippen LogP contribution in [0.4, 0.5) is 14.5 Å². The van der Waals surface area contributed by atoms with Gasteiger partial charge in [0.15, 0.2) is 11.9 Å². The Morgan fingerprint density at radius 2 is 1.85 bits per heavy atom. The van der Waals surface area contributed by atoms with Gasteiger partial charge in [0.2, 0.25) is 0 Å². The van der Waals surface area contributed by atoms with Crippen molar-refractivity contribution in [1.29, 1.82) is 5.26 Å². The Bertz CT molecular complexity index is 846. The number of nitrogens with zero attached hydrogens (tertiary/aromatic N) is 1. The standard InChI is InChI=1S/C20H21F2N3O2/c1-12(2)25-16-9-8-15(21)17(18(16)22)19(27-3)20(26)24-11-14-6-4-13(10-23)5-7-14/h4-9,12,19,25H,11H2,1-3H3,(H,24,26). The van der Waals surface area contributed by atoms with E-state index in [0.717, 1.165) is 11.6 Å². The molecule has 0 aliphatic carbocycles. The monoisotopic (exact) mass is 373 g/mol. The molecule has 27 heavy (non-hydrogen) atoms. The highest BCUT2D eigenvalue weighted by atomic mass is 19.1. The van der Waals surface area contributed by atoms with Crippen LogP contribution >= 0.6 is 0 Å². The summed E-state index contributed by atoms with van der Waals surface area (Å²) in [6.07, 6.45) is -1.43. The fraction of sp³-hybridized carbons (Fsp3) is 0.300. The summed E-state index contributed by atoms with van der Waals surface area (Å²) >= 11 is 0. The number of benzene rings is 2. The number of anilines is 1. The molecule has 0 saturated heterocycles. The molecular weight excluding hydrogens is 352 g/mol. The number of amides is 1. The molecule has 0 spiro atoms. The smallest absolute Gasteiger partial charge is 0.254 e. The molecule has 0 aliphatic heterocycles. The number of nitriles is 1. The molecule has 0 aliphatic rings. The molecule has 5 nitrogen and oxygen atoms in total. The topological polar surface area (TPSA) is 74.1 Å². The highest BCUT2D eigenvalue weighted by Gasteiger charge is 2.28. The lowest BCUT2D eigenvalue weighted by atomic mass is 10.0. The van der Waals surface area contributed by atoms with Crippen LogP contribution in [0.3, 0.4) is 0 Å². The van der Waals surface area contributed by atoms with E-state index in [1.54, 1.807) is 24.3 Å². The quantitative estimate of drug-likeness (QED) is 0.777. The first-order chi connectivity index (χ1) is 12.9. The van der Waals surface area contributed by atoms with E-state index >= 15 is 0 Å². The number of methoxy groups -OCH3 is 1. The Balaban J connectivity index is 2.19. The van der Waals surface area contributed by atoms with Crippen LogP contribution in [0.5, 0.6) is 0 Å². The second-order valence-corrected chi connectivity index (χ2v) is 6.26. The largest absolute Gasteiger partial charge is 0.380 e. The average Bonchev–Trinajstić information content (AvgIpc) is 2.65. The van der Waals surface area contributed by atoms with Gasteiger partial charge in [0.1, 0.15) is 5.82 Å². The van der Waals surface area contributed by atoms with Crippen molar-refractivity contribution in [2.45, 2.75) is 32.5 Å². The predicted molar refractivity (Wildman–Crippen MR) is 97.9 cm³/mol. The van der Waals surface area contributed by atoms with Gasteiger partial charge in [0.25, 0.3) is 5.91 Å². The second kappa shape index (κ2) is 9.10. The minimum absolute atomic E-state index is 0.0657. The summed E-state index contributed by atoms with van der Waals surface area (Å²) in [5.41, 5.74) is 0.899. The van der Waals surface area contributed by atoms with E-state index in [9.17, 15) is 13.6 Å². The lowest BCUT2D eigenvalue weighted by Crippen LogP contribution is -2.31. The third kappa shape index (κ3) is 5.02. The van der Waals surface area contributed by atoms with Crippen LogP contribution < -0.4 is 10.6 Å². The molecule has 2 aromatic carbocycles. The van der Waals surface area contributed by atoms with Crippen molar-refractivity contribution in [3.05, 3.63) is 64.7 Å². The minimum atomic E-state index is -1.43. The fourth-order valence-electron chi connectivity index (χ4n) is 2.57. The highest BCUT2D eigenvalue weighted by molar-refractivity contribution is 5.82. The molecule has 1 atom stereocenters. The summed E-state index contributed by atoms with van der Waals surface area (Å²) in [7, 11) is 1.22. The molecule has 142 valence electrons. The van der Waals surface area contributed by atoms with E-state index in [1.165, 1.54) is 13.2 Å².